The van der Waals surface area contributed by atoms with Crippen LogP contribution in [0.5, 0.6) is 11.5 Å². The predicted molar refractivity (Wildman–Crippen MR) is 85.3 cm³/mol. The first-order valence-corrected chi connectivity index (χ1v) is 6.56. The Bertz CT molecular complexity index is 628. The third-order valence-electron chi connectivity index (χ3n) is 3.13. The van der Waals surface area contributed by atoms with E-state index in [1.807, 2.05) is 48.6 Å². The zero-order chi connectivity index (χ0) is 15.2. The van der Waals surface area contributed by atoms with Gasteiger partial charge >= 0.3 is 0 Å². The van der Waals surface area contributed by atoms with Gasteiger partial charge in [-0.1, -0.05) is 18.2 Å². The van der Waals surface area contributed by atoms with E-state index in [1.165, 1.54) is 0 Å². The van der Waals surface area contributed by atoms with Gasteiger partial charge in [-0.3, -0.25) is 0 Å². The van der Waals surface area contributed by atoms with Crippen LogP contribution in [0.1, 0.15) is 16.7 Å². The van der Waals surface area contributed by atoms with Gasteiger partial charge in [-0.25, -0.2) is 0 Å². The van der Waals surface area contributed by atoms with Crippen LogP contribution < -0.4 is 15.2 Å². The highest BCUT2D eigenvalue weighted by atomic mass is 16.5. The van der Waals surface area contributed by atoms with Gasteiger partial charge < -0.3 is 20.3 Å². The van der Waals surface area contributed by atoms with Crippen molar-refractivity contribution < 1.29 is 14.6 Å². The molecule has 0 saturated carbocycles. The molecule has 3 N–H and O–H groups in total. The smallest absolute Gasteiger partial charge is 0.141 e. The molecule has 0 aliphatic rings. The lowest BCUT2D eigenvalue weighted by Crippen LogP contribution is -1.92. The molecule has 0 amide bonds. The first kappa shape index (κ1) is 14.9. The number of anilines is 1. The first-order valence-electron chi connectivity index (χ1n) is 6.56. The number of nitrogens with two attached hydrogens (primary N) is 1. The van der Waals surface area contributed by atoms with Crippen LogP contribution in [0.15, 0.2) is 36.4 Å². The third-order valence-corrected chi connectivity index (χ3v) is 3.13. The summed E-state index contributed by atoms with van der Waals surface area (Å²) >= 11 is 0. The Balaban J connectivity index is 2.26. The molecule has 0 heterocycles. The van der Waals surface area contributed by atoms with Gasteiger partial charge in [0, 0.05) is 0 Å². The molecule has 4 nitrogen and oxygen atoms in total. The normalized spacial score (nSPS) is 10.8. The molecule has 0 atom stereocenters. The number of aliphatic hydroxyl groups is 1. The predicted octanol–water partition coefficient (Wildman–Crippen LogP) is 2.95. The second-order valence-electron chi connectivity index (χ2n) is 4.61. The van der Waals surface area contributed by atoms with Gasteiger partial charge in [0.15, 0.2) is 0 Å². The Kier molecular flexibility index (Phi) is 4.85. The van der Waals surface area contributed by atoms with Gasteiger partial charge in [0.25, 0.3) is 0 Å². The van der Waals surface area contributed by atoms with Crippen molar-refractivity contribution in [2.75, 3.05) is 20.0 Å². The molecular weight excluding hydrogens is 266 g/mol. The Morgan fingerprint density at radius 3 is 2.38 bits per heavy atom. The van der Waals surface area contributed by atoms with Crippen molar-refractivity contribution in [3.63, 3.8) is 0 Å². The lowest BCUT2D eigenvalue weighted by atomic mass is 10.1. The molecule has 0 fully saturated rings. The molecule has 0 saturated heterocycles. The average molecular weight is 285 g/mol. The van der Waals surface area contributed by atoms with Crippen LogP contribution in [-0.4, -0.2) is 19.3 Å². The Morgan fingerprint density at radius 1 is 1.00 bits per heavy atom. The minimum atomic E-state index is -0.0203. The van der Waals surface area contributed by atoms with Crippen molar-refractivity contribution in [2.45, 2.75) is 6.61 Å². The second-order valence-corrected chi connectivity index (χ2v) is 4.61. The van der Waals surface area contributed by atoms with Crippen molar-refractivity contribution in [3.8, 4) is 11.5 Å². The van der Waals surface area contributed by atoms with Crippen LogP contribution in [0.3, 0.4) is 0 Å². The molecule has 21 heavy (non-hydrogen) atoms. The van der Waals surface area contributed by atoms with Gasteiger partial charge in [0.05, 0.1) is 26.5 Å². The van der Waals surface area contributed by atoms with E-state index in [-0.39, 0.29) is 6.61 Å². The van der Waals surface area contributed by atoms with Crippen LogP contribution in [-0.2, 0) is 6.61 Å². The maximum Gasteiger partial charge on any atom is 0.141 e. The zero-order valence-corrected chi connectivity index (χ0v) is 12.2. The summed E-state index contributed by atoms with van der Waals surface area (Å²) in [6, 6.07) is 11.2. The van der Waals surface area contributed by atoms with E-state index in [0.717, 1.165) is 22.4 Å². The molecular formula is C17H19NO3. The Hall–Kier alpha value is -2.46. The summed E-state index contributed by atoms with van der Waals surface area (Å²) in [5, 5.41) is 9.25. The highest BCUT2D eigenvalue weighted by Gasteiger charge is 2.00. The molecule has 0 aromatic heterocycles. The summed E-state index contributed by atoms with van der Waals surface area (Å²) in [7, 11) is 3.20. The van der Waals surface area contributed by atoms with Crippen LogP contribution in [0, 0.1) is 0 Å². The van der Waals surface area contributed by atoms with E-state index < -0.39 is 0 Å². The van der Waals surface area contributed by atoms with E-state index in [1.54, 1.807) is 14.2 Å². The summed E-state index contributed by atoms with van der Waals surface area (Å²) < 4.78 is 10.3. The number of methoxy groups -OCH3 is 2. The van der Waals surface area contributed by atoms with Crippen LogP contribution in [0.2, 0.25) is 0 Å². The van der Waals surface area contributed by atoms with E-state index >= 15 is 0 Å². The summed E-state index contributed by atoms with van der Waals surface area (Å²) in [6.07, 6.45) is 3.90. The third kappa shape index (κ3) is 3.77. The van der Waals surface area contributed by atoms with Crippen molar-refractivity contribution in [1.29, 1.82) is 0 Å². The zero-order valence-electron chi connectivity index (χ0n) is 12.2. The Labute approximate surface area is 124 Å². The minimum absolute atomic E-state index is 0.0203. The summed E-state index contributed by atoms with van der Waals surface area (Å²) in [4.78, 5) is 0. The number of hydrogen-bond acceptors (Lipinski definition) is 4. The van der Waals surface area contributed by atoms with E-state index in [0.29, 0.717) is 11.4 Å². The van der Waals surface area contributed by atoms with Crippen LogP contribution >= 0.6 is 0 Å². The van der Waals surface area contributed by atoms with E-state index in [9.17, 15) is 5.11 Å². The van der Waals surface area contributed by atoms with Gasteiger partial charge in [-0.2, -0.15) is 0 Å². The lowest BCUT2D eigenvalue weighted by Gasteiger charge is -2.06. The highest BCUT2D eigenvalue weighted by molar-refractivity contribution is 5.73. The highest BCUT2D eigenvalue weighted by Crippen LogP contribution is 2.24. The van der Waals surface area contributed by atoms with Gasteiger partial charge in [-0.15, -0.1) is 0 Å². The maximum atomic E-state index is 9.25. The van der Waals surface area contributed by atoms with Gasteiger partial charge in [0.1, 0.15) is 11.5 Å². The minimum Gasteiger partial charge on any atom is -0.497 e. The van der Waals surface area contributed by atoms with Gasteiger partial charge in [-0.05, 0) is 47.0 Å². The molecule has 2 aromatic rings. The van der Waals surface area contributed by atoms with E-state index in [2.05, 4.69) is 0 Å². The molecule has 0 spiro atoms. The molecule has 2 aromatic carbocycles. The fourth-order valence-electron chi connectivity index (χ4n) is 2.04. The monoisotopic (exact) mass is 285 g/mol. The average Bonchev–Trinajstić information content (AvgIpc) is 2.52. The maximum absolute atomic E-state index is 9.25. The summed E-state index contributed by atoms with van der Waals surface area (Å²) in [5.74, 6) is 1.38. The number of ether oxygens (including phenoxy) is 2. The van der Waals surface area contributed by atoms with Crippen molar-refractivity contribution in [3.05, 3.63) is 53.1 Å². The van der Waals surface area contributed by atoms with E-state index in [4.69, 9.17) is 15.2 Å². The molecule has 4 heteroatoms. The Morgan fingerprint density at radius 2 is 1.76 bits per heavy atom. The van der Waals surface area contributed by atoms with Gasteiger partial charge in [0.2, 0.25) is 0 Å². The summed E-state index contributed by atoms with van der Waals surface area (Å²) in [6.45, 7) is -0.0203. The number of benzene rings is 2. The lowest BCUT2D eigenvalue weighted by molar-refractivity contribution is 0.281. The van der Waals surface area contributed by atoms with Crippen molar-refractivity contribution in [2.24, 2.45) is 0 Å². The molecule has 0 aliphatic carbocycles. The molecule has 0 bridgehead atoms. The number of rotatable bonds is 5. The number of hydrogen-bond donors (Lipinski definition) is 2. The summed E-state index contributed by atoms with van der Waals surface area (Å²) in [5.41, 5.74) is 9.21. The fraction of sp³-hybridized carbons (Fsp3) is 0.176. The fourth-order valence-corrected chi connectivity index (χ4v) is 2.04. The SMILES string of the molecule is COc1cc(/C=C\c2ccc(OC)c(N)c2)cc(CO)c1. The largest absolute Gasteiger partial charge is 0.497 e. The number of aliphatic hydroxyl groups excluding tert-OH is 1. The van der Waals surface area contributed by atoms with Crippen LogP contribution in [0.25, 0.3) is 12.2 Å². The molecule has 110 valence electrons. The number of nitrogen functional groups attached to an aromatic ring is 1. The molecule has 2 rings (SSSR count). The quantitative estimate of drug-likeness (QED) is 0.655. The van der Waals surface area contributed by atoms with Crippen LogP contribution in [0.4, 0.5) is 5.69 Å². The molecule has 0 unspecified atom stereocenters. The topological polar surface area (TPSA) is 64.7 Å². The standard InChI is InChI=1S/C17H19NO3/c1-20-15-8-13(7-14(9-15)11-19)4-3-12-5-6-17(21-2)16(18)10-12/h3-10,19H,11,18H2,1-2H3/b4-3-. The van der Waals surface area contributed by atoms with Crippen molar-refractivity contribution >= 4 is 17.8 Å². The first-order chi connectivity index (χ1) is 10.2. The molecule has 0 radical (unpaired) electrons. The second kappa shape index (κ2) is 6.81. The molecule has 0 aliphatic heterocycles. The van der Waals surface area contributed by atoms with Crippen molar-refractivity contribution in [1.82, 2.24) is 0 Å².